The van der Waals surface area contributed by atoms with E-state index in [4.69, 9.17) is 5.73 Å². The Balaban J connectivity index is 0.000000197. The number of benzene rings is 2. The van der Waals surface area contributed by atoms with Crippen LogP contribution in [0.15, 0.2) is 60.7 Å². The summed E-state index contributed by atoms with van der Waals surface area (Å²) in [4.78, 5) is 0. The first-order chi connectivity index (χ1) is 12.8. The first-order valence-electron chi connectivity index (χ1n) is 10.3. The molecule has 0 aromatic heterocycles. The van der Waals surface area contributed by atoms with Crippen molar-refractivity contribution in [2.75, 3.05) is 13.1 Å². The van der Waals surface area contributed by atoms with Crippen LogP contribution in [-0.4, -0.2) is 19.1 Å². The van der Waals surface area contributed by atoms with Crippen molar-refractivity contribution >= 4 is 0 Å². The molecule has 2 aromatic carbocycles. The average Bonchev–Trinajstić information content (AvgIpc) is 2.72. The minimum absolute atomic E-state index is 0.312. The quantitative estimate of drug-likeness (QED) is 0.736. The molecule has 0 heterocycles. The van der Waals surface area contributed by atoms with Gasteiger partial charge < -0.3 is 11.1 Å². The lowest BCUT2D eigenvalue weighted by molar-refractivity contribution is 0.284. The molecule has 0 saturated heterocycles. The minimum Gasteiger partial charge on any atom is -0.330 e. The van der Waals surface area contributed by atoms with Crippen LogP contribution in [0.5, 0.6) is 0 Å². The third-order valence-corrected chi connectivity index (χ3v) is 5.52. The van der Waals surface area contributed by atoms with E-state index in [9.17, 15) is 0 Å². The van der Waals surface area contributed by atoms with Crippen LogP contribution in [0.2, 0.25) is 0 Å². The molecule has 0 spiro atoms. The van der Waals surface area contributed by atoms with E-state index in [2.05, 4.69) is 67.7 Å². The maximum absolute atomic E-state index is 5.84. The van der Waals surface area contributed by atoms with E-state index >= 15 is 0 Å². The highest BCUT2D eigenvalue weighted by Crippen LogP contribution is 2.26. The van der Waals surface area contributed by atoms with Gasteiger partial charge in [0, 0.05) is 18.5 Å². The molecule has 0 aliphatic heterocycles. The van der Waals surface area contributed by atoms with Crippen molar-refractivity contribution in [2.45, 2.75) is 57.9 Å². The van der Waals surface area contributed by atoms with Crippen LogP contribution in [0.1, 0.15) is 63.0 Å². The second-order valence-corrected chi connectivity index (χ2v) is 7.35. The zero-order valence-corrected chi connectivity index (χ0v) is 16.5. The van der Waals surface area contributed by atoms with Crippen LogP contribution in [0.4, 0.5) is 0 Å². The maximum Gasteiger partial charge on any atom is 0.0212 e. The molecule has 3 N–H and O–H groups in total. The molecular weight excluding hydrogens is 316 g/mol. The Bertz CT molecular complexity index is 536. The summed E-state index contributed by atoms with van der Waals surface area (Å²) in [7, 11) is 0. The van der Waals surface area contributed by atoms with Gasteiger partial charge in [-0.25, -0.2) is 0 Å². The zero-order chi connectivity index (χ0) is 18.6. The molecule has 3 rings (SSSR count). The fourth-order valence-electron chi connectivity index (χ4n) is 3.96. The van der Waals surface area contributed by atoms with E-state index in [-0.39, 0.29) is 0 Å². The van der Waals surface area contributed by atoms with Gasteiger partial charge in [0.1, 0.15) is 0 Å². The number of hydrogen-bond acceptors (Lipinski definition) is 2. The lowest BCUT2D eigenvalue weighted by Crippen LogP contribution is -2.34. The predicted molar refractivity (Wildman–Crippen MR) is 113 cm³/mol. The van der Waals surface area contributed by atoms with Crippen molar-refractivity contribution in [3.05, 3.63) is 71.8 Å². The van der Waals surface area contributed by atoms with E-state index < -0.39 is 0 Å². The highest BCUT2D eigenvalue weighted by molar-refractivity contribution is 5.32. The summed E-state index contributed by atoms with van der Waals surface area (Å²) in [6.45, 7) is 6.30. The number of rotatable bonds is 6. The van der Waals surface area contributed by atoms with Crippen molar-refractivity contribution in [1.82, 2.24) is 5.32 Å². The van der Waals surface area contributed by atoms with Crippen molar-refractivity contribution < 1.29 is 0 Å². The molecule has 2 heteroatoms. The molecule has 2 aromatic rings. The van der Waals surface area contributed by atoms with Gasteiger partial charge in [0.15, 0.2) is 0 Å². The Hall–Kier alpha value is -1.64. The Morgan fingerprint density at radius 1 is 0.885 bits per heavy atom. The number of hydrogen-bond donors (Lipinski definition) is 2. The summed E-state index contributed by atoms with van der Waals surface area (Å²) in [6.07, 6.45) is 7.29. The van der Waals surface area contributed by atoms with Gasteiger partial charge in [-0.2, -0.15) is 0 Å². The van der Waals surface area contributed by atoms with Crippen LogP contribution in [0.3, 0.4) is 0 Å². The van der Waals surface area contributed by atoms with Gasteiger partial charge >= 0.3 is 0 Å². The normalized spacial score (nSPS) is 16.0. The first-order valence-corrected chi connectivity index (χ1v) is 10.3. The summed E-state index contributed by atoms with van der Waals surface area (Å²) in [6, 6.07) is 21.6. The molecule has 142 valence electrons. The molecule has 2 nitrogen and oxygen atoms in total. The lowest BCUT2D eigenvalue weighted by Gasteiger charge is -2.27. The van der Waals surface area contributed by atoms with Crippen LogP contribution < -0.4 is 11.1 Å². The second kappa shape index (κ2) is 11.9. The standard InChI is InChI=1S/C14H15N.C10H21N/c15-11-14(12-7-3-1-4-8-12)13-9-5-2-6-10-13;1-3-11-9(2)10-7-5-4-6-8-10/h1-10,14H,11,15H2;9-11H,3-8H2,1-2H3/t;9-/m.0/s1. The molecule has 0 unspecified atom stereocenters. The van der Waals surface area contributed by atoms with Crippen molar-refractivity contribution in [3.63, 3.8) is 0 Å². The van der Waals surface area contributed by atoms with Gasteiger partial charge in [-0.3, -0.25) is 0 Å². The largest absolute Gasteiger partial charge is 0.330 e. The molecule has 1 atom stereocenters. The van der Waals surface area contributed by atoms with E-state index in [0.717, 1.165) is 18.5 Å². The fraction of sp³-hybridized carbons (Fsp3) is 0.500. The van der Waals surface area contributed by atoms with Crippen molar-refractivity contribution in [1.29, 1.82) is 0 Å². The van der Waals surface area contributed by atoms with Crippen LogP contribution in [0, 0.1) is 5.92 Å². The van der Waals surface area contributed by atoms with Crippen LogP contribution in [-0.2, 0) is 0 Å². The highest BCUT2D eigenvalue weighted by Gasteiger charge is 2.18. The van der Waals surface area contributed by atoms with E-state index in [1.54, 1.807) is 0 Å². The molecule has 1 aliphatic rings. The third kappa shape index (κ3) is 6.59. The maximum atomic E-state index is 5.84. The minimum atomic E-state index is 0.312. The monoisotopic (exact) mass is 352 g/mol. The Kier molecular flexibility index (Phi) is 9.44. The zero-order valence-electron chi connectivity index (χ0n) is 16.5. The van der Waals surface area contributed by atoms with E-state index in [0.29, 0.717) is 12.5 Å². The van der Waals surface area contributed by atoms with Crippen molar-refractivity contribution in [3.8, 4) is 0 Å². The first kappa shape index (κ1) is 20.7. The van der Waals surface area contributed by atoms with Crippen molar-refractivity contribution in [2.24, 2.45) is 11.7 Å². The van der Waals surface area contributed by atoms with Crippen LogP contribution >= 0.6 is 0 Å². The summed E-state index contributed by atoms with van der Waals surface area (Å²) < 4.78 is 0. The van der Waals surface area contributed by atoms with Gasteiger partial charge in [-0.05, 0) is 43.4 Å². The van der Waals surface area contributed by atoms with Crippen LogP contribution in [0.25, 0.3) is 0 Å². The summed E-state index contributed by atoms with van der Waals surface area (Å²) in [5, 5.41) is 3.52. The fourth-order valence-corrected chi connectivity index (χ4v) is 3.96. The number of nitrogens with two attached hydrogens (primary N) is 1. The Morgan fingerprint density at radius 2 is 1.38 bits per heavy atom. The molecule has 26 heavy (non-hydrogen) atoms. The molecular formula is C24H36N2. The molecule has 1 fully saturated rings. The summed E-state index contributed by atoms with van der Waals surface area (Å²) in [5.41, 5.74) is 8.40. The lowest BCUT2D eigenvalue weighted by atomic mass is 9.84. The van der Waals surface area contributed by atoms with Gasteiger partial charge in [-0.1, -0.05) is 86.8 Å². The Labute approximate surface area is 160 Å². The second-order valence-electron chi connectivity index (χ2n) is 7.35. The van der Waals surface area contributed by atoms with Gasteiger partial charge in [0.25, 0.3) is 0 Å². The number of nitrogens with one attached hydrogen (secondary N) is 1. The van der Waals surface area contributed by atoms with E-state index in [1.807, 2.05) is 12.1 Å². The van der Waals surface area contributed by atoms with E-state index in [1.165, 1.54) is 43.2 Å². The molecule has 0 bridgehead atoms. The summed E-state index contributed by atoms with van der Waals surface area (Å²) in [5.74, 6) is 1.27. The average molecular weight is 353 g/mol. The molecule has 1 aliphatic carbocycles. The topological polar surface area (TPSA) is 38.0 Å². The molecule has 1 saturated carbocycles. The van der Waals surface area contributed by atoms with Gasteiger partial charge in [-0.15, -0.1) is 0 Å². The van der Waals surface area contributed by atoms with Gasteiger partial charge in [0.05, 0.1) is 0 Å². The van der Waals surface area contributed by atoms with Gasteiger partial charge in [0.2, 0.25) is 0 Å². The SMILES string of the molecule is CCN[C@@H](C)C1CCCCC1.NCC(c1ccccc1)c1ccccc1. The third-order valence-electron chi connectivity index (χ3n) is 5.52. The predicted octanol–water partition coefficient (Wildman–Crippen LogP) is 5.34. The molecule has 0 radical (unpaired) electrons. The summed E-state index contributed by atoms with van der Waals surface area (Å²) >= 11 is 0. The Morgan fingerprint density at radius 3 is 1.81 bits per heavy atom. The highest BCUT2D eigenvalue weighted by atomic mass is 14.9. The smallest absolute Gasteiger partial charge is 0.0212 e. The molecule has 0 amide bonds.